The fraction of sp³-hybridized carbons (Fsp3) is 0.556. The second-order valence-electron chi connectivity index (χ2n) is 6.98. The van der Waals surface area contributed by atoms with Crippen molar-refractivity contribution in [1.29, 1.82) is 0 Å². The molecule has 3 atom stereocenters. The summed E-state index contributed by atoms with van der Waals surface area (Å²) in [4.78, 5) is 25.7. The molecule has 0 aromatic heterocycles. The minimum absolute atomic E-state index is 0.0187. The molecule has 0 spiro atoms. The number of carboxylic acid groups (broad SMARTS) is 1. The van der Waals surface area contributed by atoms with Gasteiger partial charge in [-0.3, -0.25) is 14.5 Å². The molecule has 0 saturated carbocycles. The lowest BCUT2D eigenvalue weighted by atomic mass is 9.89. The molecule has 5 heteroatoms. The molecule has 3 unspecified atom stereocenters. The maximum atomic E-state index is 12.3. The molecule has 2 N–H and O–H groups in total. The molecule has 1 aromatic rings. The highest BCUT2D eigenvalue weighted by Gasteiger charge is 2.49. The molecule has 1 amide bonds. The average Bonchev–Trinajstić information content (AvgIpc) is 3.04. The normalized spacial score (nSPS) is 26.7. The number of anilines is 1. The summed E-state index contributed by atoms with van der Waals surface area (Å²) in [6, 6.07) is 8.16. The van der Waals surface area contributed by atoms with Crippen molar-refractivity contribution in [2.45, 2.75) is 51.1 Å². The van der Waals surface area contributed by atoms with Crippen LogP contribution in [0.25, 0.3) is 0 Å². The van der Waals surface area contributed by atoms with Gasteiger partial charge in [-0.1, -0.05) is 26.0 Å². The number of carbonyl (C=O) groups is 2. The van der Waals surface area contributed by atoms with Crippen LogP contribution in [0.1, 0.15) is 44.6 Å². The molecule has 2 heterocycles. The van der Waals surface area contributed by atoms with Gasteiger partial charge in [0.15, 0.2) is 0 Å². The van der Waals surface area contributed by atoms with Gasteiger partial charge in [0.25, 0.3) is 0 Å². The summed E-state index contributed by atoms with van der Waals surface area (Å²) < 4.78 is 0. The van der Waals surface area contributed by atoms with E-state index in [0.29, 0.717) is 12.3 Å². The van der Waals surface area contributed by atoms with Crippen LogP contribution in [0.5, 0.6) is 0 Å². The number of amides is 1. The number of nitrogens with one attached hydrogen (secondary N) is 1. The van der Waals surface area contributed by atoms with Crippen LogP contribution in [-0.4, -0.2) is 40.5 Å². The van der Waals surface area contributed by atoms with Gasteiger partial charge >= 0.3 is 5.97 Å². The van der Waals surface area contributed by atoms with Crippen LogP contribution < -0.4 is 5.32 Å². The van der Waals surface area contributed by atoms with Gasteiger partial charge in [-0.05, 0) is 42.9 Å². The van der Waals surface area contributed by atoms with Crippen LogP contribution in [0.15, 0.2) is 24.3 Å². The largest absolute Gasteiger partial charge is 0.481 e. The van der Waals surface area contributed by atoms with Gasteiger partial charge in [0.1, 0.15) is 0 Å². The molecule has 2 aliphatic heterocycles. The maximum Gasteiger partial charge on any atom is 0.308 e. The first-order valence-corrected chi connectivity index (χ1v) is 8.34. The summed E-state index contributed by atoms with van der Waals surface area (Å²) in [7, 11) is 0. The van der Waals surface area contributed by atoms with Gasteiger partial charge in [0.05, 0.1) is 12.5 Å². The number of nitrogens with zero attached hydrogens (tertiary/aromatic N) is 1. The minimum atomic E-state index is -0.729. The molecule has 2 aliphatic rings. The summed E-state index contributed by atoms with van der Waals surface area (Å²) in [6.45, 7) is 4.52. The fourth-order valence-electron chi connectivity index (χ4n) is 3.95. The molecular formula is C18H24N2O3. The molecule has 2 fully saturated rings. The van der Waals surface area contributed by atoms with Crippen molar-refractivity contribution in [2.75, 3.05) is 11.9 Å². The topological polar surface area (TPSA) is 69.6 Å². The van der Waals surface area contributed by atoms with Crippen molar-refractivity contribution in [1.82, 2.24) is 4.90 Å². The number of carbonyl (C=O) groups excluding carboxylic acids is 1. The first-order chi connectivity index (χ1) is 11.0. The molecule has 1 aromatic carbocycles. The first-order valence-electron chi connectivity index (χ1n) is 8.34. The molecule has 3 rings (SSSR count). The lowest BCUT2D eigenvalue weighted by molar-refractivity contribution is -0.142. The molecule has 2 bridgehead atoms. The summed E-state index contributed by atoms with van der Waals surface area (Å²) >= 11 is 0. The van der Waals surface area contributed by atoms with E-state index in [1.165, 1.54) is 5.56 Å². The predicted molar refractivity (Wildman–Crippen MR) is 88.4 cm³/mol. The zero-order valence-electron chi connectivity index (χ0n) is 13.7. The summed E-state index contributed by atoms with van der Waals surface area (Å²) in [5.41, 5.74) is 2.00. The van der Waals surface area contributed by atoms with E-state index in [-0.39, 0.29) is 30.5 Å². The van der Waals surface area contributed by atoms with Crippen LogP contribution in [0.4, 0.5) is 5.69 Å². The highest BCUT2D eigenvalue weighted by atomic mass is 16.4. The van der Waals surface area contributed by atoms with Gasteiger partial charge in [-0.2, -0.15) is 0 Å². The molecular weight excluding hydrogens is 292 g/mol. The lowest BCUT2D eigenvalue weighted by Crippen LogP contribution is -2.38. The van der Waals surface area contributed by atoms with Crippen LogP contribution in [0, 0.1) is 5.92 Å². The number of fused-ring (bicyclic) bond motifs is 2. The Morgan fingerprint density at radius 1 is 1.35 bits per heavy atom. The van der Waals surface area contributed by atoms with E-state index in [0.717, 1.165) is 18.5 Å². The van der Waals surface area contributed by atoms with Crippen molar-refractivity contribution in [2.24, 2.45) is 5.92 Å². The molecule has 2 saturated heterocycles. The van der Waals surface area contributed by atoms with Crippen LogP contribution in [-0.2, 0) is 9.59 Å². The number of benzene rings is 1. The Hall–Kier alpha value is -1.88. The second-order valence-corrected chi connectivity index (χ2v) is 6.98. The van der Waals surface area contributed by atoms with E-state index in [1.54, 1.807) is 0 Å². The summed E-state index contributed by atoms with van der Waals surface area (Å²) in [6.07, 6.45) is 2.57. The highest BCUT2D eigenvalue weighted by Crippen LogP contribution is 2.41. The van der Waals surface area contributed by atoms with Crippen LogP contribution >= 0.6 is 0 Å². The van der Waals surface area contributed by atoms with Crippen molar-refractivity contribution in [3.63, 3.8) is 0 Å². The zero-order valence-corrected chi connectivity index (χ0v) is 13.7. The van der Waals surface area contributed by atoms with Gasteiger partial charge in [0, 0.05) is 17.8 Å². The molecule has 23 heavy (non-hydrogen) atoms. The van der Waals surface area contributed by atoms with Gasteiger partial charge in [0.2, 0.25) is 5.91 Å². The maximum absolute atomic E-state index is 12.3. The van der Waals surface area contributed by atoms with E-state index in [4.69, 9.17) is 0 Å². The summed E-state index contributed by atoms with van der Waals surface area (Å²) in [5, 5.41) is 12.2. The Kier molecular flexibility index (Phi) is 4.39. The average molecular weight is 316 g/mol. The van der Waals surface area contributed by atoms with E-state index in [9.17, 15) is 14.7 Å². The Morgan fingerprint density at radius 2 is 2.13 bits per heavy atom. The molecule has 124 valence electrons. The second kappa shape index (κ2) is 6.32. The van der Waals surface area contributed by atoms with Crippen molar-refractivity contribution in [3.8, 4) is 0 Å². The van der Waals surface area contributed by atoms with Crippen LogP contribution in [0.2, 0.25) is 0 Å². The quantitative estimate of drug-likeness (QED) is 0.876. The van der Waals surface area contributed by atoms with E-state index in [2.05, 4.69) is 30.1 Å². The number of aliphatic carboxylic acids is 1. The standard InChI is InChI=1S/C18H24N2O3/c1-11(2)12-4-3-5-13(8-12)19-17(21)10-20-14-6-7-16(20)15(9-14)18(22)23/h3-5,8,11,14-16H,6-7,9-10H2,1-2H3,(H,19,21)(H,22,23). The number of hydrogen-bond donors (Lipinski definition) is 2. The number of rotatable bonds is 5. The number of hydrogen-bond acceptors (Lipinski definition) is 3. The van der Waals surface area contributed by atoms with Gasteiger partial charge in [-0.25, -0.2) is 0 Å². The molecule has 0 radical (unpaired) electrons. The van der Waals surface area contributed by atoms with Crippen LogP contribution in [0.3, 0.4) is 0 Å². The predicted octanol–water partition coefficient (Wildman–Crippen LogP) is 2.69. The monoisotopic (exact) mass is 316 g/mol. The smallest absolute Gasteiger partial charge is 0.308 e. The lowest BCUT2D eigenvalue weighted by Gasteiger charge is -2.22. The third kappa shape index (κ3) is 3.24. The Morgan fingerprint density at radius 3 is 2.78 bits per heavy atom. The number of carboxylic acids is 1. The SMILES string of the molecule is CC(C)c1cccc(NC(=O)CN2C3CCC2C(C(=O)O)C3)c1. The van der Waals surface area contributed by atoms with Crippen molar-refractivity contribution >= 4 is 17.6 Å². The highest BCUT2D eigenvalue weighted by molar-refractivity contribution is 5.92. The zero-order chi connectivity index (χ0) is 16.6. The van der Waals surface area contributed by atoms with Crippen molar-refractivity contribution in [3.05, 3.63) is 29.8 Å². The Bertz CT molecular complexity index is 614. The minimum Gasteiger partial charge on any atom is -0.481 e. The third-order valence-electron chi connectivity index (χ3n) is 5.16. The van der Waals surface area contributed by atoms with E-state index < -0.39 is 5.97 Å². The van der Waals surface area contributed by atoms with Crippen molar-refractivity contribution < 1.29 is 14.7 Å². The first kappa shape index (κ1) is 16.0. The fourth-order valence-corrected chi connectivity index (χ4v) is 3.95. The van der Waals surface area contributed by atoms with E-state index in [1.807, 2.05) is 18.2 Å². The Balaban J connectivity index is 1.62. The van der Waals surface area contributed by atoms with Gasteiger partial charge < -0.3 is 10.4 Å². The summed E-state index contributed by atoms with van der Waals surface area (Å²) in [5.74, 6) is -0.690. The molecule has 0 aliphatic carbocycles. The molecule has 5 nitrogen and oxygen atoms in total. The third-order valence-corrected chi connectivity index (χ3v) is 5.16. The Labute approximate surface area is 136 Å². The van der Waals surface area contributed by atoms with E-state index >= 15 is 0 Å². The van der Waals surface area contributed by atoms with Gasteiger partial charge in [-0.15, -0.1) is 0 Å².